The first-order chi connectivity index (χ1) is 12.6. The first-order valence-corrected chi connectivity index (χ1v) is 9.49. The highest BCUT2D eigenvalue weighted by atomic mass is 16.5. The minimum Gasteiger partial charge on any atom is -0.461 e. The van der Waals surface area contributed by atoms with Gasteiger partial charge in [-0.05, 0) is 25.8 Å². The molecule has 140 valence electrons. The van der Waals surface area contributed by atoms with E-state index >= 15 is 0 Å². The molecule has 1 fully saturated rings. The number of hydrogen-bond acceptors (Lipinski definition) is 3. The molecule has 1 unspecified atom stereocenters. The van der Waals surface area contributed by atoms with Crippen molar-refractivity contribution in [1.29, 1.82) is 0 Å². The fraction of sp³-hybridized carbons (Fsp3) is 0.500. The molecule has 3 N–H and O–H groups in total. The lowest BCUT2D eigenvalue weighted by molar-refractivity contribution is -0.907. The number of H-pyrrole nitrogens is 1. The molecule has 26 heavy (non-hydrogen) atoms. The number of quaternary nitrogens is 1. The molecule has 0 spiro atoms. The number of fused-ring (bicyclic) bond motifs is 1. The van der Waals surface area contributed by atoms with Crippen LogP contribution < -0.4 is 10.2 Å². The topological polar surface area (TPSA) is 75.6 Å². The summed E-state index contributed by atoms with van der Waals surface area (Å²) in [6, 6.07) is 7.55. The number of para-hydroxylation sites is 1. The Morgan fingerprint density at radius 1 is 1.35 bits per heavy atom. The van der Waals surface area contributed by atoms with Gasteiger partial charge in [-0.3, -0.25) is 4.79 Å². The Morgan fingerprint density at radius 3 is 2.92 bits per heavy atom. The van der Waals surface area contributed by atoms with Gasteiger partial charge in [0.1, 0.15) is 5.69 Å². The van der Waals surface area contributed by atoms with Gasteiger partial charge in [-0.1, -0.05) is 25.1 Å². The average Bonchev–Trinajstić information content (AvgIpc) is 2.99. The molecule has 0 aliphatic carbocycles. The minimum atomic E-state index is -0.450. The zero-order chi connectivity index (χ0) is 18.5. The fourth-order valence-corrected chi connectivity index (χ4v) is 3.74. The van der Waals surface area contributed by atoms with Crippen molar-refractivity contribution in [1.82, 2.24) is 4.98 Å². The first-order valence-electron chi connectivity index (χ1n) is 9.49. The van der Waals surface area contributed by atoms with Gasteiger partial charge in [0.05, 0.1) is 38.3 Å². The van der Waals surface area contributed by atoms with Crippen LogP contribution in [-0.4, -0.2) is 43.1 Å². The van der Waals surface area contributed by atoms with Gasteiger partial charge in [0.25, 0.3) is 0 Å². The van der Waals surface area contributed by atoms with E-state index < -0.39 is 5.97 Å². The van der Waals surface area contributed by atoms with Gasteiger partial charge in [0.2, 0.25) is 5.91 Å². The normalized spacial score (nSPS) is 20.1. The number of piperidine rings is 1. The summed E-state index contributed by atoms with van der Waals surface area (Å²) in [5, 5.41) is 3.76. The Morgan fingerprint density at radius 2 is 2.15 bits per heavy atom. The van der Waals surface area contributed by atoms with E-state index in [1.165, 1.54) is 17.7 Å². The Kier molecular flexibility index (Phi) is 5.93. The van der Waals surface area contributed by atoms with Crippen LogP contribution in [0.4, 0.5) is 5.69 Å². The van der Waals surface area contributed by atoms with Crippen molar-refractivity contribution in [2.24, 2.45) is 5.92 Å². The molecule has 1 aliphatic rings. The van der Waals surface area contributed by atoms with E-state index in [-0.39, 0.29) is 12.5 Å². The summed E-state index contributed by atoms with van der Waals surface area (Å²) < 4.78 is 5.12. The lowest BCUT2D eigenvalue weighted by Gasteiger charge is -2.27. The summed E-state index contributed by atoms with van der Waals surface area (Å²) in [6.45, 7) is 7.43. The number of amides is 1. The number of likely N-dealkylation sites (tertiary alicyclic amines) is 1. The van der Waals surface area contributed by atoms with Gasteiger partial charge in [0.15, 0.2) is 0 Å². The van der Waals surface area contributed by atoms with Gasteiger partial charge in [-0.25, -0.2) is 4.79 Å². The molecular weight excluding hydrogens is 330 g/mol. The molecule has 0 radical (unpaired) electrons. The third-order valence-electron chi connectivity index (χ3n) is 5.02. The predicted molar refractivity (Wildman–Crippen MR) is 101 cm³/mol. The molecule has 2 atom stereocenters. The number of nitrogens with one attached hydrogen (secondary N) is 3. The Balaban J connectivity index is 1.71. The maximum atomic E-state index is 12.5. The molecule has 6 nitrogen and oxygen atoms in total. The van der Waals surface area contributed by atoms with E-state index in [1.54, 1.807) is 6.92 Å². The molecule has 0 saturated carbocycles. The number of carbonyl (C=O) groups is 2. The first kappa shape index (κ1) is 18.5. The average molecular weight is 358 g/mol. The lowest BCUT2D eigenvalue weighted by Crippen LogP contribution is -3.13. The number of esters is 1. The van der Waals surface area contributed by atoms with Crippen LogP contribution in [0.15, 0.2) is 24.3 Å². The van der Waals surface area contributed by atoms with Crippen molar-refractivity contribution in [2.45, 2.75) is 33.1 Å². The van der Waals surface area contributed by atoms with Crippen molar-refractivity contribution in [2.75, 3.05) is 31.6 Å². The number of ether oxygens (including phenoxy) is 1. The second-order valence-electron chi connectivity index (χ2n) is 7.14. The van der Waals surface area contributed by atoms with Gasteiger partial charge in [0, 0.05) is 16.8 Å². The third kappa shape index (κ3) is 4.25. The van der Waals surface area contributed by atoms with E-state index in [9.17, 15) is 9.59 Å². The molecule has 2 aromatic rings. The van der Waals surface area contributed by atoms with Crippen molar-refractivity contribution in [3.05, 3.63) is 30.0 Å². The maximum Gasteiger partial charge on any atom is 0.356 e. The van der Waals surface area contributed by atoms with E-state index in [0.29, 0.717) is 17.8 Å². The third-order valence-corrected chi connectivity index (χ3v) is 5.02. The molecule has 1 aromatic heterocycles. The number of rotatable bonds is 6. The minimum absolute atomic E-state index is 0.0639. The van der Waals surface area contributed by atoms with E-state index in [0.717, 1.165) is 36.5 Å². The van der Waals surface area contributed by atoms with E-state index in [1.807, 2.05) is 24.3 Å². The monoisotopic (exact) mass is 358 g/mol. The van der Waals surface area contributed by atoms with Gasteiger partial charge >= 0.3 is 5.97 Å². The van der Waals surface area contributed by atoms with Crippen molar-refractivity contribution < 1.29 is 19.2 Å². The molecule has 2 heterocycles. The molecule has 6 heteroatoms. The standard InChI is InChI=1S/C20H27N3O3/c1-3-26-20(25)19-18(15-8-4-5-9-16(15)21-19)22-17(24)10-12-23-11-6-7-14(2)13-23/h4-5,8-9,14,21H,3,6-7,10-13H2,1-2H3,(H,22,24)/p+1/t14-/m0/s1. The van der Waals surface area contributed by atoms with Crippen LogP contribution >= 0.6 is 0 Å². The lowest BCUT2D eigenvalue weighted by atomic mass is 10.0. The summed E-state index contributed by atoms with van der Waals surface area (Å²) in [4.78, 5) is 29.3. The SMILES string of the molecule is CCOC(=O)c1[nH]c2ccccc2c1NC(=O)CC[NH+]1CCC[C@H](C)C1. The number of aromatic amines is 1. The number of benzene rings is 1. The summed E-state index contributed by atoms with van der Waals surface area (Å²) in [6.07, 6.45) is 2.96. The highest BCUT2D eigenvalue weighted by Gasteiger charge is 2.23. The van der Waals surface area contributed by atoms with Crippen LogP contribution in [0.25, 0.3) is 10.9 Å². The van der Waals surface area contributed by atoms with Gasteiger partial charge in [-0.2, -0.15) is 0 Å². The summed E-state index contributed by atoms with van der Waals surface area (Å²) >= 11 is 0. The van der Waals surface area contributed by atoms with Gasteiger partial charge in [-0.15, -0.1) is 0 Å². The zero-order valence-electron chi connectivity index (χ0n) is 15.6. The maximum absolute atomic E-state index is 12.5. The molecule has 1 aliphatic heterocycles. The summed E-state index contributed by atoms with van der Waals surface area (Å²) in [5.41, 5.74) is 1.63. The second kappa shape index (κ2) is 8.36. The quantitative estimate of drug-likeness (QED) is 0.691. The predicted octanol–water partition coefficient (Wildman–Crippen LogP) is 1.99. The zero-order valence-corrected chi connectivity index (χ0v) is 15.6. The van der Waals surface area contributed by atoms with Crippen LogP contribution in [0.5, 0.6) is 0 Å². The van der Waals surface area contributed by atoms with Gasteiger partial charge < -0.3 is 19.9 Å². The summed E-state index contributed by atoms with van der Waals surface area (Å²) in [5.74, 6) is 0.214. The second-order valence-corrected chi connectivity index (χ2v) is 7.14. The Hall–Kier alpha value is -2.34. The number of hydrogen-bond donors (Lipinski definition) is 3. The molecule has 1 aromatic carbocycles. The van der Waals surface area contributed by atoms with Crippen LogP contribution in [0, 0.1) is 5.92 Å². The van der Waals surface area contributed by atoms with Crippen molar-refractivity contribution >= 4 is 28.5 Å². The van der Waals surface area contributed by atoms with Crippen LogP contribution in [-0.2, 0) is 9.53 Å². The van der Waals surface area contributed by atoms with Crippen LogP contribution in [0.3, 0.4) is 0 Å². The molecule has 0 bridgehead atoms. The van der Waals surface area contributed by atoms with E-state index in [4.69, 9.17) is 4.74 Å². The fourth-order valence-electron chi connectivity index (χ4n) is 3.74. The smallest absolute Gasteiger partial charge is 0.356 e. The van der Waals surface area contributed by atoms with Crippen LogP contribution in [0.1, 0.15) is 43.6 Å². The van der Waals surface area contributed by atoms with E-state index in [2.05, 4.69) is 17.2 Å². The highest BCUT2D eigenvalue weighted by molar-refractivity contribution is 6.10. The van der Waals surface area contributed by atoms with Crippen molar-refractivity contribution in [3.8, 4) is 0 Å². The Labute approximate surface area is 153 Å². The Bertz CT molecular complexity index is 784. The van der Waals surface area contributed by atoms with Crippen molar-refractivity contribution in [3.63, 3.8) is 0 Å². The number of aromatic nitrogens is 1. The summed E-state index contributed by atoms with van der Waals surface area (Å²) in [7, 11) is 0. The molecule has 1 amide bonds. The number of carbonyl (C=O) groups excluding carboxylic acids is 2. The number of anilines is 1. The molecule has 3 rings (SSSR count). The molecule has 1 saturated heterocycles. The largest absolute Gasteiger partial charge is 0.461 e. The molecular formula is C20H28N3O3+. The highest BCUT2D eigenvalue weighted by Crippen LogP contribution is 2.28. The van der Waals surface area contributed by atoms with Crippen LogP contribution in [0.2, 0.25) is 0 Å².